The maximum absolute atomic E-state index is 14.7. The minimum absolute atomic E-state index is 0.0360. The van der Waals surface area contributed by atoms with Gasteiger partial charge in [-0.2, -0.15) is 0 Å². The summed E-state index contributed by atoms with van der Waals surface area (Å²) in [7, 11) is 0. The van der Waals surface area contributed by atoms with Crippen LogP contribution in [0.25, 0.3) is 10.9 Å². The number of para-hydroxylation sites is 1. The molecule has 398 valence electrons. The Hall–Kier alpha value is -8.31. The van der Waals surface area contributed by atoms with Crippen molar-refractivity contribution < 1.29 is 48.3 Å². The third-order valence-corrected chi connectivity index (χ3v) is 12.3. The number of H-pyrrole nitrogens is 2. The maximum Gasteiger partial charge on any atom is 0.326 e. The van der Waals surface area contributed by atoms with E-state index in [0.717, 1.165) is 10.9 Å². The molecule has 15 N–H and O–H groups in total. The van der Waals surface area contributed by atoms with Crippen LogP contribution in [0.15, 0.2) is 73.3 Å². The number of nitrogens with zero attached hydrogens (tertiary/aromatic N) is 1. The average molecular weight is 1030 g/mol. The fourth-order valence-electron chi connectivity index (χ4n) is 8.39. The van der Waals surface area contributed by atoms with Gasteiger partial charge < -0.3 is 68.7 Å². The van der Waals surface area contributed by atoms with Gasteiger partial charge in [0.05, 0.1) is 12.0 Å². The standard InChI is InChI=1S/C50H68N14O10/c1-3-4-15-35(58-29(2)65)43(67)59-36-17-10-21-54-42(66)20-19-38(49(73)74)61-47(71)40(24-31-26-56-34-16-9-8-14-33(31)34)63-44(68)37(18-11-22-55-50(51)52)60-46(70)39(23-30-12-6-5-7-13-30)62-48(72)41(64-45(36)69)25-32-27-53-28-57-32/h5-9,12-14,16,26-28,35-41,56H,3-4,10-11,15,17-25H2,1-2H3,(H,53,57)(H,54,66)(H,58,65)(H,59,67)(H,60,70)(H,61,71)(H,62,72)(H,63,68)(H,64,69)(H,73,74)(H4,51,52,55)/t35-,36-,37-,38?,39+,40-,41-/m0/s1. The lowest BCUT2D eigenvalue weighted by molar-refractivity contribution is -0.142. The molecule has 1 aliphatic heterocycles. The van der Waals surface area contributed by atoms with E-state index in [1.54, 1.807) is 42.6 Å². The van der Waals surface area contributed by atoms with Crippen molar-refractivity contribution in [3.63, 3.8) is 0 Å². The number of aromatic nitrogens is 3. The van der Waals surface area contributed by atoms with Gasteiger partial charge in [-0.1, -0.05) is 68.3 Å². The van der Waals surface area contributed by atoms with Crippen molar-refractivity contribution in [3.8, 4) is 0 Å². The highest BCUT2D eigenvalue weighted by atomic mass is 16.4. The molecule has 1 saturated heterocycles. The number of amides is 8. The normalized spacial score (nSPS) is 21.3. The van der Waals surface area contributed by atoms with Crippen LogP contribution in [0.5, 0.6) is 0 Å². The molecule has 74 heavy (non-hydrogen) atoms. The highest BCUT2D eigenvalue weighted by Gasteiger charge is 2.35. The molecule has 7 atom stereocenters. The van der Waals surface area contributed by atoms with Crippen molar-refractivity contribution >= 4 is 70.1 Å². The van der Waals surface area contributed by atoms with Crippen molar-refractivity contribution in [1.82, 2.24) is 62.8 Å². The number of hydrogen-bond donors (Lipinski definition) is 14. The molecule has 1 aliphatic rings. The second kappa shape index (κ2) is 28.7. The number of carboxylic acids is 1. The third kappa shape index (κ3) is 18.1. The van der Waals surface area contributed by atoms with Crippen LogP contribution in [0.2, 0.25) is 0 Å². The van der Waals surface area contributed by atoms with Gasteiger partial charge in [0.25, 0.3) is 0 Å². The minimum atomic E-state index is -1.59. The van der Waals surface area contributed by atoms with Crippen molar-refractivity contribution in [2.24, 2.45) is 5.73 Å². The molecule has 1 fully saturated rings. The van der Waals surface area contributed by atoms with E-state index in [0.29, 0.717) is 29.7 Å². The highest BCUT2D eigenvalue weighted by Crippen LogP contribution is 2.20. The first-order chi connectivity index (χ1) is 35.5. The summed E-state index contributed by atoms with van der Waals surface area (Å²) in [5.74, 6) is -7.70. The summed E-state index contributed by atoms with van der Waals surface area (Å²) in [6.45, 7) is 3.24. The zero-order valence-corrected chi connectivity index (χ0v) is 41.5. The largest absolute Gasteiger partial charge is 0.480 e. The molecule has 2 aromatic heterocycles. The van der Waals surface area contributed by atoms with Crippen LogP contribution in [0.3, 0.4) is 0 Å². The lowest BCUT2D eigenvalue weighted by atomic mass is 10.0. The fourth-order valence-corrected chi connectivity index (χ4v) is 8.39. The van der Waals surface area contributed by atoms with Gasteiger partial charge >= 0.3 is 5.97 Å². The monoisotopic (exact) mass is 1020 g/mol. The number of benzene rings is 2. The van der Waals surface area contributed by atoms with Gasteiger partial charge in [0.15, 0.2) is 5.96 Å². The van der Waals surface area contributed by atoms with E-state index < -0.39 is 95.5 Å². The number of aliphatic carboxylic acids is 1. The number of imidazole rings is 1. The number of fused-ring (bicyclic) bond motifs is 1. The van der Waals surface area contributed by atoms with Crippen LogP contribution in [-0.2, 0) is 62.4 Å². The molecule has 8 amide bonds. The number of hydrogen-bond acceptors (Lipinski definition) is 11. The van der Waals surface area contributed by atoms with E-state index in [2.05, 4.69) is 62.8 Å². The van der Waals surface area contributed by atoms with Gasteiger partial charge in [-0.05, 0) is 55.7 Å². The van der Waals surface area contributed by atoms with E-state index >= 15 is 0 Å². The van der Waals surface area contributed by atoms with Crippen molar-refractivity contribution in [2.75, 3.05) is 13.1 Å². The molecule has 24 heteroatoms. The molecule has 0 bridgehead atoms. The van der Waals surface area contributed by atoms with E-state index in [1.807, 2.05) is 25.1 Å². The van der Waals surface area contributed by atoms with E-state index in [-0.39, 0.29) is 83.3 Å². The summed E-state index contributed by atoms with van der Waals surface area (Å²) in [5.41, 5.74) is 7.82. The molecular weight excluding hydrogens is 957 g/mol. The number of rotatable bonds is 17. The number of carbonyl (C=O) groups excluding carboxylic acids is 8. The first kappa shape index (κ1) is 56.6. The number of carboxylic acid groups (broad SMARTS) is 1. The first-order valence-corrected chi connectivity index (χ1v) is 24.7. The maximum atomic E-state index is 14.7. The van der Waals surface area contributed by atoms with Gasteiger partial charge in [-0.25, -0.2) is 9.78 Å². The molecule has 1 unspecified atom stereocenters. The van der Waals surface area contributed by atoms with Crippen LogP contribution in [0.1, 0.15) is 88.5 Å². The van der Waals surface area contributed by atoms with Crippen molar-refractivity contribution in [2.45, 2.75) is 133 Å². The van der Waals surface area contributed by atoms with Gasteiger partial charge in [0.1, 0.15) is 42.3 Å². The van der Waals surface area contributed by atoms with Gasteiger partial charge in [-0.3, -0.25) is 43.8 Å². The Bertz CT molecular complexity index is 2570. The number of carbonyl (C=O) groups is 9. The van der Waals surface area contributed by atoms with Crippen LogP contribution in [-0.4, -0.2) is 135 Å². The Labute approximate surface area is 427 Å². The Morgan fingerprint density at radius 1 is 0.797 bits per heavy atom. The second-order valence-corrected chi connectivity index (χ2v) is 18.1. The topological polar surface area (TPSA) is 376 Å². The number of unbranched alkanes of at least 4 members (excludes halogenated alkanes) is 1. The molecule has 0 aliphatic carbocycles. The lowest BCUT2D eigenvalue weighted by Gasteiger charge is -2.28. The first-order valence-electron chi connectivity index (χ1n) is 24.7. The highest BCUT2D eigenvalue weighted by molar-refractivity contribution is 5.98. The molecule has 5 rings (SSSR count). The molecule has 3 heterocycles. The lowest BCUT2D eigenvalue weighted by Crippen LogP contribution is -2.60. The number of nitrogens with two attached hydrogens (primary N) is 1. The summed E-state index contributed by atoms with van der Waals surface area (Å²) >= 11 is 0. The van der Waals surface area contributed by atoms with Gasteiger partial charge in [0, 0.05) is 69.0 Å². The van der Waals surface area contributed by atoms with E-state index in [1.165, 1.54) is 19.4 Å². The van der Waals surface area contributed by atoms with Crippen LogP contribution in [0.4, 0.5) is 0 Å². The minimum Gasteiger partial charge on any atom is -0.480 e. The van der Waals surface area contributed by atoms with Crippen molar-refractivity contribution in [3.05, 3.63) is 90.1 Å². The summed E-state index contributed by atoms with van der Waals surface area (Å²) in [6.07, 6.45) is 5.06. The van der Waals surface area contributed by atoms with Crippen LogP contribution in [0, 0.1) is 5.41 Å². The SMILES string of the molecule is CCCC[C@H](NC(C)=O)C(=O)N[C@H]1CCCNC(=O)CCC(C(=O)O)NC(=O)[C@H](Cc2c[nH]c3ccccc23)NC(=O)[C@H](CCCNC(=N)N)NC(=O)[C@@H](Cc2ccccc2)NC(=O)[C@H](Cc2c[nH]cn2)NC1=O. The average Bonchev–Trinajstić information content (AvgIpc) is 4.04. The zero-order chi connectivity index (χ0) is 53.6. The second-order valence-electron chi connectivity index (χ2n) is 18.1. The molecule has 2 aromatic carbocycles. The van der Waals surface area contributed by atoms with E-state index in [4.69, 9.17) is 11.1 Å². The van der Waals surface area contributed by atoms with Gasteiger partial charge in [-0.15, -0.1) is 0 Å². The third-order valence-electron chi connectivity index (χ3n) is 12.3. The number of guanidine groups is 1. The summed E-state index contributed by atoms with van der Waals surface area (Å²) in [6, 6.07) is 6.38. The van der Waals surface area contributed by atoms with Crippen molar-refractivity contribution in [1.29, 1.82) is 5.41 Å². The summed E-state index contributed by atoms with van der Waals surface area (Å²) in [4.78, 5) is 134. The molecule has 0 radical (unpaired) electrons. The Balaban J connectivity index is 1.55. The summed E-state index contributed by atoms with van der Waals surface area (Å²) in [5, 5.41) is 42.7. The van der Waals surface area contributed by atoms with Gasteiger partial charge in [0.2, 0.25) is 47.3 Å². The Kier molecular flexibility index (Phi) is 21.9. The van der Waals surface area contributed by atoms with Crippen LogP contribution >= 0.6 is 0 Å². The molecule has 24 nitrogen and oxygen atoms in total. The quantitative estimate of drug-likeness (QED) is 0.0363. The predicted octanol–water partition coefficient (Wildman–Crippen LogP) is -0.439. The van der Waals surface area contributed by atoms with E-state index in [9.17, 15) is 48.3 Å². The molecular formula is C50H68N14O10. The Morgan fingerprint density at radius 3 is 2.12 bits per heavy atom. The number of nitrogens with one attached hydrogen (secondary N) is 12. The predicted molar refractivity (Wildman–Crippen MR) is 271 cm³/mol. The fraction of sp³-hybridized carbons (Fsp3) is 0.460. The zero-order valence-electron chi connectivity index (χ0n) is 41.5. The molecule has 4 aromatic rings. The molecule has 0 saturated carbocycles. The summed E-state index contributed by atoms with van der Waals surface area (Å²) < 4.78 is 0. The molecule has 0 spiro atoms. The Morgan fingerprint density at radius 2 is 1.45 bits per heavy atom. The smallest absolute Gasteiger partial charge is 0.326 e. The number of aromatic amines is 2. The van der Waals surface area contributed by atoms with Crippen LogP contribution < -0.4 is 53.6 Å².